The molecule has 1 atom stereocenters. The number of nitrogens with zero attached hydrogens (tertiary/aromatic N) is 2. The molecule has 2 aromatic carbocycles. The van der Waals surface area contributed by atoms with Crippen LogP contribution >= 0.6 is 0 Å². The molecule has 0 saturated carbocycles. The zero-order chi connectivity index (χ0) is 22.8. The van der Waals surface area contributed by atoms with E-state index in [1.165, 1.54) is 0 Å². The summed E-state index contributed by atoms with van der Waals surface area (Å²) in [6.07, 6.45) is 0. The van der Waals surface area contributed by atoms with Crippen molar-refractivity contribution in [3.8, 4) is 46.2 Å². The van der Waals surface area contributed by atoms with Crippen LogP contribution in [-0.4, -0.2) is 38.6 Å². The van der Waals surface area contributed by atoms with Crippen LogP contribution in [0.15, 0.2) is 47.9 Å². The maximum atomic E-state index is 9.98. The molecule has 9 heteroatoms. The first-order valence-electron chi connectivity index (χ1n) is 9.67. The lowest BCUT2D eigenvalue weighted by Gasteiger charge is -2.26. The Balaban J connectivity index is 2.02. The van der Waals surface area contributed by atoms with Gasteiger partial charge in [0, 0.05) is 11.1 Å². The highest BCUT2D eigenvalue weighted by Crippen LogP contribution is 2.50. The molecule has 0 saturated heterocycles. The van der Waals surface area contributed by atoms with E-state index < -0.39 is 5.92 Å². The van der Waals surface area contributed by atoms with Crippen molar-refractivity contribution in [3.05, 3.63) is 59.0 Å². The SMILES string of the molecule is COc1ccc(OC)c(-c2[nH]nc3c2[C@H](c2cccc(OC)c2OC)C(C#N)=C(N)O3)c1. The number of aromatic amines is 1. The Morgan fingerprint density at radius 2 is 1.81 bits per heavy atom. The lowest BCUT2D eigenvalue weighted by molar-refractivity contribution is 0.348. The molecular formula is C23H22N4O5. The Bertz CT molecular complexity index is 1240. The van der Waals surface area contributed by atoms with Gasteiger partial charge in [0.05, 0.1) is 45.6 Å². The second-order valence-electron chi connectivity index (χ2n) is 6.89. The van der Waals surface area contributed by atoms with Gasteiger partial charge >= 0.3 is 0 Å². The van der Waals surface area contributed by atoms with Crippen LogP contribution in [0.2, 0.25) is 0 Å². The van der Waals surface area contributed by atoms with Gasteiger partial charge in [-0.05, 0) is 24.3 Å². The second-order valence-corrected chi connectivity index (χ2v) is 6.89. The van der Waals surface area contributed by atoms with E-state index in [1.54, 1.807) is 46.6 Å². The minimum Gasteiger partial charge on any atom is -0.497 e. The molecule has 32 heavy (non-hydrogen) atoms. The molecule has 1 aliphatic rings. The third-order valence-corrected chi connectivity index (χ3v) is 5.36. The van der Waals surface area contributed by atoms with E-state index in [1.807, 2.05) is 18.2 Å². The van der Waals surface area contributed by atoms with E-state index in [0.717, 1.165) is 0 Å². The van der Waals surface area contributed by atoms with Crippen molar-refractivity contribution < 1.29 is 23.7 Å². The Labute approximate surface area is 184 Å². The Morgan fingerprint density at radius 3 is 2.47 bits per heavy atom. The molecule has 2 heterocycles. The first kappa shape index (κ1) is 20.9. The van der Waals surface area contributed by atoms with E-state index in [9.17, 15) is 5.26 Å². The Kier molecular flexibility index (Phi) is 5.52. The minimum absolute atomic E-state index is 0.0227. The van der Waals surface area contributed by atoms with Crippen molar-refractivity contribution in [3.63, 3.8) is 0 Å². The molecule has 0 radical (unpaired) electrons. The predicted molar refractivity (Wildman–Crippen MR) is 116 cm³/mol. The Morgan fingerprint density at radius 1 is 1.03 bits per heavy atom. The van der Waals surface area contributed by atoms with Gasteiger partial charge in [0.1, 0.15) is 23.1 Å². The highest BCUT2D eigenvalue weighted by molar-refractivity contribution is 5.77. The molecular weight excluding hydrogens is 412 g/mol. The van der Waals surface area contributed by atoms with Gasteiger partial charge in [-0.15, -0.1) is 5.10 Å². The molecule has 4 rings (SSSR count). The normalized spacial score (nSPS) is 14.8. The van der Waals surface area contributed by atoms with Crippen LogP contribution < -0.4 is 29.4 Å². The summed E-state index contributed by atoms with van der Waals surface area (Å²) in [6.45, 7) is 0. The highest BCUT2D eigenvalue weighted by atomic mass is 16.5. The van der Waals surface area contributed by atoms with Gasteiger partial charge in [-0.2, -0.15) is 5.26 Å². The molecule has 3 aromatic rings. The molecule has 1 aliphatic heterocycles. The number of fused-ring (bicyclic) bond motifs is 1. The van der Waals surface area contributed by atoms with E-state index in [0.29, 0.717) is 45.4 Å². The second kappa shape index (κ2) is 8.43. The van der Waals surface area contributed by atoms with Crippen LogP contribution in [-0.2, 0) is 0 Å². The molecule has 0 spiro atoms. The summed E-state index contributed by atoms with van der Waals surface area (Å²) in [5, 5.41) is 17.3. The third kappa shape index (κ3) is 3.22. The van der Waals surface area contributed by atoms with Crippen molar-refractivity contribution in [1.82, 2.24) is 10.2 Å². The predicted octanol–water partition coefficient (Wildman–Crippen LogP) is 3.33. The number of hydrogen-bond acceptors (Lipinski definition) is 8. The number of nitriles is 1. The Hall–Kier alpha value is -4.32. The third-order valence-electron chi connectivity index (χ3n) is 5.36. The van der Waals surface area contributed by atoms with Crippen LogP contribution in [0.3, 0.4) is 0 Å². The fourth-order valence-corrected chi connectivity index (χ4v) is 3.91. The van der Waals surface area contributed by atoms with Gasteiger partial charge in [-0.25, -0.2) is 0 Å². The lowest BCUT2D eigenvalue weighted by Crippen LogP contribution is -2.21. The zero-order valence-corrected chi connectivity index (χ0v) is 18.1. The number of aromatic nitrogens is 2. The minimum atomic E-state index is -0.626. The number of H-pyrrole nitrogens is 1. The molecule has 0 amide bonds. The summed E-state index contributed by atoms with van der Waals surface area (Å²) in [7, 11) is 6.25. The summed E-state index contributed by atoms with van der Waals surface area (Å²) in [5.41, 5.74) is 8.93. The van der Waals surface area contributed by atoms with Gasteiger partial charge in [-0.1, -0.05) is 12.1 Å². The standard InChI is InChI=1S/C23H22N4O5/c1-28-12-8-9-16(29-2)14(10-12)20-19-18(13-6-5-7-17(30-3)21(13)31-4)15(11-24)22(25)32-23(19)27-26-20/h5-10,18H,25H2,1-4H3,(H,26,27)/t18-/m1/s1. The number of nitrogens with one attached hydrogen (secondary N) is 1. The van der Waals surface area contributed by atoms with E-state index in [4.69, 9.17) is 29.4 Å². The molecule has 0 aliphatic carbocycles. The number of hydrogen-bond donors (Lipinski definition) is 2. The smallest absolute Gasteiger partial charge is 0.244 e. The number of allylic oxidation sites excluding steroid dienone is 1. The van der Waals surface area contributed by atoms with Gasteiger partial charge < -0.3 is 29.4 Å². The van der Waals surface area contributed by atoms with Crippen LogP contribution in [0.25, 0.3) is 11.3 Å². The molecule has 0 bridgehead atoms. The number of para-hydroxylation sites is 1. The van der Waals surface area contributed by atoms with Crippen molar-refractivity contribution in [2.75, 3.05) is 28.4 Å². The number of nitrogens with two attached hydrogens (primary N) is 1. The van der Waals surface area contributed by atoms with E-state index in [-0.39, 0.29) is 17.3 Å². The zero-order valence-electron chi connectivity index (χ0n) is 18.1. The average Bonchev–Trinajstić information content (AvgIpc) is 3.25. The van der Waals surface area contributed by atoms with Gasteiger partial charge in [0.2, 0.25) is 11.8 Å². The van der Waals surface area contributed by atoms with Crippen LogP contribution in [0, 0.1) is 11.3 Å². The largest absolute Gasteiger partial charge is 0.497 e. The monoisotopic (exact) mass is 434 g/mol. The van der Waals surface area contributed by atoms with Crippen LogP contribution in [0.5, 0.6) is 28.9 Å². The van der Waals surface area contributed by atoms with Crippen molar-refractivity contribution in [1.29, 1.82) is 5.26 Å². The summed E-state index contributed by atoms with van der Waals surface area (Å²) in [4.78, 5) is 0. The maximum absolute atomic E-state index is 9.98. The van der Waals surface area contributed by atoms with Gasteiger partial charge in [0.25, 0.3) is 0 Å². The first-order chi connectivity index (χ1) is 15.6. The average molecular weight is 434 g/mol. The van der Waals surface area contributed by atoms with Gasteiger partial charge in [0.15, 0.2) is 11.5 Å². The summed E-state index contributed by atoms with van der Waals surface area (Å²) < 4.78 is 27.8. The number of methoxy groups -OCH3 is 4. The number of ether oxygens (including phenoxy) is 5. The van der Waals surface area contributed by atoms with Crippen LogP contribution in [0.1, 0.15) is 17.0 Å². The van der Waals surface area contributed by atoms with Crippen molar-refractivity contribution in [2.24, 2.45) is 5.73 Å². The molecule has 0 unspecified atom stereocenters. The molecule has 1 aromatic heterocycles. The van der Waals surface area contributed by atoms with Crippen molar-refractivity contribution in [2.45, 2.75) is 5.92 Å². The molecule has 3 N–H and O–H groups in total. The summed E-state index contributed by atoms with van der Waals surface area (Å²) in [5.74, 6) is 1.85. The van der Waals surface area contributed by atoms with Gasteiger partial charge in [-0.3, -0.25) is 5.10 Å². The quantitative estimate of drug-likeness (QED) is 0.605. The summed E-state index contributed by atoms with van der Waals surface area (Å²) in [6, 6.07) is 13.1. The highest BCUT2D eigenvalue weighted by Gasteiger charge is 2.38. The first-order valence-corrected chi connectivity index (χ1v) is 9.67. The number of rotatable bonds is 6. The van der Waals surface area contributed by atoms with E-state index in [2.05, 4.69) is 16.3 Å². The maximum Gasteiger partial charge on any atom is 0.244 e. The molecule has 0 fully saturated rings. The molecule has 164 valence electrons. The topological polar surface area (TPSA) is 125 Å². The van der Waals surface area contributed by atoms with Crippen molar-refractivity contribution >= 4 is 0 Å². The van der Waals surface area contributed by atoms with Crippen LogP contribution in [0.4, 0.5) is 0 Å². The number of benzene rings is 2. The fraction of sp³-hybridized carbons (Fsp3) is 0.217. The summed E-state index contributed by atoms with van der Waals surface area (Å²) >= 11 is 0. The molecule has 9 nitrogen and oxygen atoms in total. The fourth-order valence-electron chi connectivity index (χ4n) is 3.91. The lowest BCUT2D eigenvalue weighted by atomic mass is 9.82. The van der Waals surface area contributed by atoms with E-state index >= 15 is 0 Å².